The summed E-state index contributed by atoms with van der Waals surface area (Å²) in [4.78, 5) is 12.6. The lowest BCUT2D eigenvalue weighted by Gasteiger charge is -2.08. The van der Waals surface area contributed by atoms with E-state index >= 15 is 0 Å². The van der Waals surface area contributed by atoms with Gasteiger partial charge in [0.2, 0.25) is 0 Å². The molecule has 0 atom stereocenters. The standard InChI is InChI=1S/C20H23N3O4S2/c1-3-25-19(24)14-27-16-8-6-15(7-9-16)26-10-12-29-20-22-21-18(23(20)2)13-17-5-4-11-28-17/h4-9,11H,3,10,12-14H2,1-2H3. The lowest BCUT2D eigenvalue weighted by atomic mass is 10.3. The molecule has 2 heterocycles. The number of carbonyl (C=O) groups excluding carboxylic acids is 1. The lowest BCUT2D eigenvalue weighted by molar-refractivity contribution is -0.145. The SMILES string of the molecule is CCOC(=O)COc1ccc(OCCSc2nnc(Cc3cccs3)n2C)cc1. The number of esters is 1. The molecule has 7 nitrogen and oxygen atoms in total. The predicted molar refractivity (Wildman–Crippen MR) is 113 cm³/mol. The summed E-state index contributed by atoms with van der Waals surface area (Å²) in [7, 11) is 1.99. The summed E-state index contributed by atoms with van der Waals surface area (Å²) in [6, 6.07) is 11.3. The van der Waals surface area contributed by atoms with Crippen LogP contribution in [0.25, 0.3) is 0 Å². The first-order valence-corrected chi connectivity index (χ1v) is 11.1. The maximum atomic E-state index is 11.3. The smallest absolute Gasteiger partial charge is 0.344 e. The zero-order valence-corrected chi connectivity index (χ0v) is 18.0. The van der Waals surface area contributed by atoms with Gasteiger partial charge in [0.15, 0.2) is 11.8 Å². The van der Waals surface area contributed by atoms with Gasteiger partial charge in [-0.15, -0.1) is 21.5 Å². The average Bonchev–Trinajstić information content (AvgIpc) is 3.36. The van der Waals surface area contributed by atoms with Crippen LogP contribution in [0.5, 0.6) is 11.5 Å². The number of benzene rings is 1. The molecule has 2 aromatic heterocycles. The summed E-state index contributed by atoms with van der Waals surface area (Å²) in [6.45, 7) is 2.55. The van der Waals surface area contributed by atoms with Crippen LogP contribution in [0.15, 0.2) is 46.9 Å². The Morgan fingerprint density at radius 3 is 2.59 bits per heavy atom. The van der Waals surface area contributed by atoms with Crippen LogP contribution in [0.2, 0.25) is 0 Å². The molecule has 0 aliphatic carbocycles. The van der Waals surface area contributed by atoms with Crippen molar-refractivity contribution in [3.05, 3.63) is 52.5 Å². The van der Waals surface area contributed by atoms with E-state index in [0.29, 0.717) is 19.0 Å². The Bertz CT molecular complexity index is 895. The minimum atomic E-state index is -0.382. The van der Waals surface area contributed by atoms with Gasteiger partial charge in [0.1, 0.15) is 17.3 Å². The minimum absolute atomic E-state index is 0.100. The van der Waals surface area contributed by atoms with Crippen LogP contribution in [0.1, 0.15) is 17.6 Å². The molecular formula is C20H23N3O4S2. The first-order chi connectivity index (χ1) is 14.2. The van der Waals surface area contributed by atoms with Crippen molar-refractivity contribution in [3.63, 3.8) is 0 Å². The molecular weight excluding hydrogens is 410 g/mol. The highest BCUT2D eigenvalue weighted by molar-refractivity contribution is 7.99. The number of rotatable bonds is 11. The Morgan fingerprint density at radius 1 is 1.14 bits per heavy atom. The minimum Gasteiger partial charge on any atom is -0.493 e. The Balaban J connectivity index is 1.39. The van der Waals surface area contributed by atoms with Gasteiger partial charge in [-0.1, -0.05) is 17.8 Å². The highest BCUT2D eigenvalue weighted by Crippen LogP contribution is 2.21. The highest BCUT2D eigenvalue weighted by Gasteiger charge is 2.10. The molecule has 0 amide bonds. The first kappa shape index (κ1) is 21.2. The number of hydrogen-bond acceptors (Lipinski definition) is 8. The summed E-state index contributed by atoms with van der Waals surface area (Å²) < 4.78 is 18.0. The lowest BCUT2D eigenvalue weighted by Crippen LogP contribution is -2.14. The van der Waals surface area contributed by atoms with Crippen LogP contribution < -0.4 is 9.47 Å². The molecule has 154 valence electrons. The van der Waals surface area contributed by atoms with E-state index in [1.807, 2.05) is 29.8 Å². The quantitative estimate of drug-likeness (QED) is 0.260. The van der Waals surface area contributed by atoms with Gasteiger partial charge in [0, 0.05) is 24.1 Å². The van der Waals surface area contributed by atoms with E-state index in [1.54, 1.807) is 42.2 Å². The summed E-state index contributed by atoms with van der Waals surface area (Å²) >= 11 is 3.33. The zero-order chi connectivity index (χ0) is 20.5. The van der Waals surface area contributed by atoms with Crippen molar-refractivity contribution in [2.45, 2.75) is 18.5 Å². The molecule has 3 aromatic rings. The van der Waals surface area contributed by atoms with Crippen LogP contribution in [0.3, 0.4) is 0 Å². The van der Waals surface area contributed by atoms with Crippen LogP contribution in [0.4, 0.5) is 0 Å². The molecule has 1 aromatic carbocycles. The average molecular weight is 434 g/mol. The van der Waals surface area contributed by atoms with Crippen molar-refractivity contribution in [2.75, 3.05) is 25.6 Å². The van der Waals surface area contributed by atoms with E-state index in [2.05, 4.69) is 21.6 Å². The molecule has 0 radical (unpaired) electrons. The number of thiophene rings is 1. The van der Waals surface area contributed by atoms with Crippen molar-refractivity contribution >= 4 is 29.1 Å². The van der Waals surface area contributed by atoms with Gasteiger partial charge < -0.3 is 18.8 Å². The van der Waals surface area contributed by atoms with Crippen molar-refractivity contribution < 1.29 is 19.0 Å². The van der Waals surface area contributed by atoms with Crippen molar-refractivity contribution in [2.24, 2.45) is 7.05 Å². The Kier molecular flexibility index (Phi) is 7.94. The number of ether oxygens (including phenoxy) is 3. The third-order valence-corrected chi connectivity index (χ3v) is 5.77. The van der Waals surface area contributed by atoms with Gasteiger partial charge in [0.25, 0.3) is 0 Å². The summed E-state index contributed by atoms with van der Waals surface area (Å²) in [5, 5.41) is 11.5. The van der Waals surface area contributed by atoms with Crippen molar-refractivity contribution in [1.82, 2.24) is 14.8 Å². The second-order valence-corrected chi connectivity index (χ2v) is 8.07. The third-order valence-electron chi connectivity index (χ3n) is 3.91. The number of carbonyl (C=O) groups is 1. The zero-order valence-electron chi connectivity index (χ0n) is 16.4. The van der Waals surface area contributed by atoms with Gasteiger partial charge in [0.05, 0.1) is 13.2 Å². The van der Waals surface area contributed by atoms with Gasteiger partial charge in [-0.05, 0) is 42.6 Å². The van der Waals surface area contributed by atoms with E-state index in [0.717, 1.165) is 28.9 Å². The highest BCUT2D eigenvalue weighted by atomic mass is 32.2. The molecule has 0 spiro atoms. The van der Waals surface area contributed by atoms with E-state index in [1.165, 1.54) is 4.88 Å². The maximum Gasteiger partial charge on any atom is 0.344 e. The Morgan fingerprint density at radius 2 is 1.90 bits per heavy atom. The molecule has 0 aliphatic heterocycles. The number of aromatic nitrogens is 3. The van der Waals surface area contributed by atoms with Crippen LogP contribution in [-0.4, -0.2) is 46.3 Å². The van der Waals surface area contributed by atoms with Gasteiger partial charge in [-0.3, -0.25) is 0 Å². The fourth-order valence-corrected chi connectivity index (χ4v) is 3.91. The molecule has 0 N–H and O–H groups in total. The molecule has 0 bridgehead atoms. The van der Waals surface area contributed by atoms with Gasteiger partial charge >= 0.3 is 5.97 Å². The van der Waals surface area contributed by atoms with Crippen LogP contribution in [0, 0.1) is 0 Å². The second kappa shape index (κ2) is 10.9. The van der Waals surface area contributed by atoms with Crippen molar-refractivity contribution in [1.29, 1.82) is 0 Å². The summed E-state index contributed by atoms with van der Waals surface area (Å²) in [6.07, 6.45) is 0.794. The monoisotopic (exact) mass is 433 g/mol. The van der Waals surface area contributed by atoms with E-state index in [-0.39, 0.29) is 12.6 Å². The fourth-order valence-electron chi connectivity index (χ4n) is 2.46. The summed E-state index contributed by atoms with van der Waals surface area (Å²) in [5.41, 5.74) is 0. The molecule has 0 saturated carbocycles. The molecule has 9 heteroatoms. The van der Waals surface area contributed by atoms with E-state index in [4.69, 9.17) is 14.2 Å². The first-order valence-electron chi connectivity index (χ1n) is 9.20. The van der Waals surface area contributed by atoms with Crippen LogP contribution >= 0.6 is 23.1 Å². The molecule has 29 heavy (non-hydrogen) atoms. The molecule has 0 aliphatic rings. The molecule has 0 fully saturated rings. The summed E-state index contributed by atoms with van der Waals surface area (Å²) in [5.74, 6) is 2.66. The van der Waals surface area contributed by atoms with Crippen molar-refractivity contribution in [3.8, 4) is 11.5 Å². The largest absolute Gasteiger partial charge is 0.493 e. The van der Waals surface area contributed by atoms with Gasteiger partial charge in [-0.25, -0.2) is 4.79 Å². The number of hydrogen-bond donors (Lipinski definition) is 0. The molecule has 0 saturated heterocycles. The van der Waals surface area contributed by atoms with E-state index < -0.39 is 0 Å². The molecule has 0 unspecified atom stereocenters. The second-order valence-electron chi connectivity index (χ2n) is 5.98. The van der Waals surface area contributed by atoms with E-state index in [9.17, 15) is 4.79 Å². The maximum absolute atomic E-state index is 11.3. The molecule has 3 rings (SSSR count). The topological polar surface area (TPSA) is 75.5 Å². The van der Waals surface area contributed by atoms with Crippen LogP contribution in [-0.2, 0) is 23.0 Å². The predicted octanol–water partition coefficient (Wildman–Crippen LogP) is 3.58. The Hall–Kier alpha value is -2.52. The normalized spacial score (nSPS) is 10.7. The number of thioether (sulfide) groups is 1. The number of nitrogens with zero attached hydrogens (tertiary/aromatic N) is 3. The fraction of sp³-hybridized carbons (Fsp3) is 0.350. The van der Waals surface area contributed by atoms with Gasteiger partial charge in [-0.2, -0.15) is 0 Å². The Labute approximate surface area is 178 Å². The third kappa shape index (κ3) is 6.50.